The van der Waals surface area contributed by atoms with E-state index >= 15 is 0 Å². The van der Waals surface area contributed by atoms with Gasteiger partial charge in [-0.1, -0.05) is 0 Å². The molecule has 0 aliphatic carbocycles. The summed E-state index contributed by atoms with van der Waals surface area (Å²) < 4.78 is 16.6. The van der Waals surface area contributed by atoms with Crippen molar-refractivity contribution in [1.82, 2.24) is 14.9 Å². The van der Waals surface area contributed by atoms with Crippen LogP contribution in [-0.2, 0) is 14.2 Å². The van der Waals surface area contributed by atoms with Gasteiger partial charge in [0.1, 0.15) is 17.7 Å². The molecule has 2 aliphatic heterocycles. The van der Waals surface area contributed by atoms with E-state index in [-0.39, 0.29) is 6.10 Å². The Hall–Kier alpha value is -1.28. The molecule has 3 rings (SSSR count). The van der Waals surface area contributed by atoms with Crippen molar-refractivity contribution in [2.24, 2.45) is 0 Å². The monoisotopic (exact) mass is 322 g/mol. The van der Waals surface area contributed by atoms with Crippen LogP contribution in [0.1, 0.15) is 17.6 Å². The largest absolute Gasteiger partial charge is 0.383 e. The predicted octanol–water partition coefficient (Wildman–Crippen LogP) is 0.641. The number of rotatable bonds is 5. The van der Waals surface area contributed by atoms with Crippen LogP contribution in [0.3, 0.4) is 0 Å². The third kappa shape index (κ3) is 4.38. The Morgan fingerprint density at radius 2 is 2.04 bits per heavy atom. The molecule has 0 aromatic carbocycles. The molecular formula is C16H26N4O3. The van der Waals surface area contributed by atoms with Crippen molar-refractivity contribution < 1.29 is 14.2 Å². The summed E-state index contributed by atoms with van der Waals surface area (Å²) in [6.45, 7) is 9.40. The summed E-state index contributed by atoms with van der Waals surface area (Å²) in [6.07, 6.45) is 0.00194. The molecule has 2 fully saturated rings. The van der Waals surface area contributed by atoms with Crippen molar-refractivity contribution >= 4 is 5.82 Å². The van der Waals surface area contributed by atoms with Crippen molar-refractivity contribution in [3.05, 3.63) is 17.6 Å². The Morgan fingerprint density at radius 3 is 2.83 bits per heavy atom. The van der Waals surface area contributed by atoms with Crippen LogP contribution in [0.4, 0.5) is 5.82 Å². The van der Waals surface area contributed by atoms with Gasteiger partial charge in [-0.3, -0.25) is 4.90 Å². The van der Waals surface area contributed by atoms with Gasteiger partial charge in [-0.2, -0.15) is 0 Å². The Balaban J connectivity index is 1.72. The number of morpholine rings is 2. The van der Waals surface area contributed by atoms with E-state index in [1.54, 1.807) is 7.11 Å². The van der Waals surface area contributed by atoms with E-state index in [0.717, 1.165) is 76.5 Å². The smallest absolute Gasteiger partial charge is 0.132 e. The molecule has 0 bridgehead atoms. The molecule has 23 heavy (non-hydrogen) atoms. The lowest BCUT2D eigenvalue weighted by Crippen LogP contribution is -2.40. The van der Waals surface area contributed by atoms with Crippen LogP contribution < -0.4 is 4.90 Å². The maximum Gasteiger partial charge on any atom is 0.132 e. The van der Waals surface area contributed by atoms with Crippen molar-refractivity contribution in [2.45, 2.75) is 13.0 Å². The second-order valence-electron chi connectivity index (χ2n) is 5.95. The fraction of sp³-hybridized carbons (Fsp3) is 0.750. The van der Waals surface area contributed by atoms with Gasteiger partial charge in [0.05, 0.1) is 32.1 Å². The van der Waals surface area contributed by atoms with E-state index < -0.39 is 0 Å². The Labute approximate surface area is 137 Å². The summed E-state index contributed by atoms with van der Waals surface area (Å²) in [5.74, 6) is 1.77. The number of aryl methyl sites for hydroxylation is 1. The van der Waals surface area contributed by atoms with Crippen LogP contribution in [0.15, 0.2) is 6.07 Å². The quantitative estimate of drug-likeness (QED) is 0.788. The van der Waals surface area contributed by atoms with Crippen LogP contribution in [0.2, 0.25) is 0 Å². The average Bonchev–Trinajstić information content (AvgIpc) is 2.60. The van der Waals surface area contributed by atoms with Gasteiger partial charge in [-0.05, 0) is 6.92 Å². The van der Waals surface area contributed by atoms with Gasteiger partial charge in [0.25, 0.3) is 0 Å². The van der Waals surface area contributed by atoms with Crippen molar-refractivity contribution in [3.63, 3.8) is 0 Å². The first kappa shape index (κ1) is 16.6. The summed E-state index contributed by atoms with van der Waals surface area (Å²) >= 11 is 0. The summed E-state index contributed by atoms with van der Waals surface area (Å²) in [6, 6.07) is 2.07. The zero-order valence-electron chi connectivity index (χ0n) is 14.0. The minimum Gasteiger partial charge on any atom is -0.383 e. The lowest BCUT2D eigenvalue weighted by molar-refractivity contribution is -0.0376. The number of ether oxygens (including phenoxy) is 3. The molecule has 0 amide bonds. The van der Waals surface area contributed by atoms with Crippen LogP contribution in [0.25, 0.3) is 0 Å². The van der Waals surface area contributed by atoms with E-state index in [2.05, 4.69) is 25.8 Å². The first-order chi connectivity index (χ1) is 11.3. The minimum absolute atomic E-state index is 0.00194. The molecule has 0 N–H and O–H groups in total. The Morgan fingerprint density at radius 1 is 1.22 bits per heavy atom. The molecule has 2 saturated heterocycles. The van der Waals surface area contributed by atoms with Crippen LogP contribution in [0.5, 0.6) is 0 Å². The number of hydrogen-bond acceptors (Lipinski definition) is 7. The zero-order chi connectivity index (χ0) is 16.1. The third-order valence-electron chi connectivity index (χ3n) is 4.27. The topological polar surface area (TPSA) is 60.0 Å². The second-order valence-corrected chi connectivity index (χ2v) is 5.95. The molecule has 1 atom stereocenters. The van der Waals surface area contributed by atoms with E-state index in [0.29, 0.717) is 0 Å². The molecule has 2 aliphatic rings. The lowest BCUT2D eigenvalue weighted by atomic mass is 10.2. The van der Waals surface area contributed by atoms with Crippen LogP contribution in [0, 0.1) is 6.92 Å². The van der Waals surface area contributed by atoms with E-state index in [9.17, 15) is 0 Å². The second kappa shape index (κ2) is 8.01. The highest BCUT2D eigenvalue weighted by Crippen LogP contribution is 2.24. The molecule has 128 valence electrons. The summed E-state index contributed by atoms with van der Waals surface area (Å²) in [7, 11) is 1.74. The summed E-state index contributed by atoms with van der Waals surface area (Å²) in [5.41, 5.74) is 0.973. The molecule has 1 aromatic heterocycles. The normalized spacial score (nSPS) is 23.2. The number of nitrogens with zero attached hydrogens (tertiary/aromatic N) is 4. The van der Waals surface area contributed by atoms with Crippen LogP contribution in [-0.4, -0.2) is 81.1 Å². The van der Waals surface area contributed by atoms with E-state index in [1.807, 2.05) is 6.92 Å². The summed E-state index contributed by atoms with van der Waals surface area (Å²) in [5, 5.41) is 0. The molecule has 3 heterocycles. The minimum atomic E-state index is 0.00194. The molecule has 0 spiro atoms. The van der Waals surface area contributed by atoms with Crippen LogP contribution >= 0.6 is 0 Å². The molecular weight excluding hydrogens is 296 g/mol. The molecule has 0 saturated carbocycles. The molecule has 1 aromatic rings. The van der Waals surface area contributed by atoms with Gasteiger partial charge in [0.15, 0.2) is 0 Å². The Bertz CT molecular complexity index is 508. The van der Waals surface area contributed by atoms with Gasteiger partial charge in [0.2, 0.25) is 0 Å². The third-order valence-corrected chi connectivity index (χ3v) is 4.27. The molecule has 1 unspecified atom stereocenters. The molecule has 7 nitrogen and oxygen atoms in total. The number of methoxy groups -OCH3 is 1. The summed E-state index contributed by atoms with van der Waals surface area (Å²) in [4.78, 5) is 13.8. The van der Waals surface area contributed by atoms with Gasteiger partial charge >= 0.3 is 0 Å². The van der Waals surface area contributed by atoms with Crippen molar-refractivity contribution in [3.8, 4) is 0 Å². The fourth-order valence-electron chi connectivity index (χ4n) is 3.00. The first-order valence-electron chi connectivity index (χ1n) is 8.27. The maximum atomic E-state index is 5.96. The lowest BCUT2D eigenvalue weighted by Gasteiger charge is -2.33. The standard InChI is InChI=1S/C16H26N4O3/c1-13-17-14(11-16(18-13)20-5-8-22-9-6-20)15-12-19(3-7-21-2)4-10-23-15/h11,15H,3-10,12H2,1-2H3. The van der Waals surface area contributed by atoms with E-state index in [1.165, 1.54) is 0 Å². The highest BCUT2D eigenvalue weighted by atomic mass is 16.5. The highest BCUT2D eigenvalue weighted by molar-refractivity contribution is 5.40. The zero-order valence-corrected chi connectivity index (χ0v) is 14.0. The van der Waals surface area contributed by atoms with Gasteiger partial charge in [-0.25, -0.2) is 9.97 Å². The molecule has 0 radical (unpaired) electrons. The highest BCUT2D eigenvalue weighted by Gasteiger charge is 2.24. The van der Waals surface area contributed by atoms with Gasteiger partial charge < -0.3 is 19.1 Å². The van der Waals surface area contributed by atoms with Crippen molar-refractivity contribution in [1.29, 1.82) is 0 Å². The maximum absolute atomic E-state index is 5.96. The predicted molar refractivity (Wildman–Crippen MR) is 86.8 cm³/mol. The van der Waals surface area contributed by atoms with Gasteiger partial charge in [-0.15, -0.1) is 0 Å². The van der Waals surface area contributed by atoms with E-state index in [4.69, 9.17) is 14.2 Å². The SMILES string of the molecule is COCCN1CCOC(c2cc(N3CCOCC3)nc(C)n2)C1. The average molecular weight is 322 g/mol. The number of anilines is 1. The number of aromatic nitrogens is 2. The fourth-order valence-corrected chi connectivity index (χ4v) is 3.00. The molecule has 7 heteroatoms. The number of hydrogen-bond donors (Lipinski definition) is 0. The van der Waals surface area contributed by atoms with Gasteiger partial charge in [0, 0.05) is 45.9 Å². The Kier molecular flexibility index (Phi) is 5.77. The van der Waals surface area contributed by atoms with Crippen molar-refractivity contribution in [2.75, 3.05) is 71.2 Å². The first-order valence-corrected chi connectivity index (χ1v) is 8.27.